The first-order valence-corrected chi connectivity index (χ1v) is 8.34. The summed E-state index contributed by atoms with van der Waals surface area (Å²) in [4.78, 5) is 4.28. The number of benzene rings is 2. The fourth-order valence-electron chi connectivity index (χ4n) is 2.57. The summed E-state index contributed by atoms with van der Waals surface area (Å²) < 4.78 is 1.88. The van der Waals surface area contributed by atoms with Gasteiger partial charge in [0.2, 0.25) is 0 Å². The van der Waals surface area contributed by atoms with Gasteiger partial charge in [-0.25, -0.2) is 4.68 Å². The molecule has 0 aliphatic carbocycles. The van der Waals surface area contributed by atoms with E-state index >= 15 is 0 Å². The molecule has 6 heteroatoms. The van der Waals surface area contributed by atoms with Crippen LogP contribution in [0.15, 0.2) is 72.0 Å². The van der Waals surface area contributed by atoms with E-state index < -0.39 is 0 Å². The minimum atomic E-state index is 0. The third-order valence-corrected chi connectivity index (χ3v) is 4.05. The normalized spacial score (nSPS) is 10.9. The van der Waals surface area contributed by atoms with Gasteiger partial charge < -0.3 is 10.6 Å². The van der Waals surface area contributed by atoms with Crippen molar-refractivity contribution in [2.24, 2.45) is 4.99 Å². The first-order chi connectivity index (χ1) is 12.3. The molecule has 0 saturated heterocycles. The van der Waals surface area contributed by atoms with Gasteiger partial charge in [0.05, 0.1) is 11.9 Å². The van der Waals surface area contributed by atoms with Crippen molar-refractivity contribution < 1.29 is 0 Å². The first kappa shape index (κ1) is 20.0. The van der Waals surface area contributed by atoms with Gasteiger partial charge in [-0.15, -0.1) is 24.0 Å². The first-order valence-electron chi connectivity index (χ1n) is 8.34. The molecule has 26 heavy (non-hydrogen) atoms. The number of aliphatic imine (C=N–C) groups is 1. The van der Waals surface area contributed by atoms with Gasteiger partial charge >= 0.3 is 0 Å². The van der Waals surface area contributed by atoms with Gasteiger partial charge in [0.15, 0.2) is 5.96 Å². The molecule has 0 radical (unpaired) electrons. The number of hydrogen-bond donors (Lipinski definition) is 2. The van der Waals surface area contributed by atoms with E-state index in [-0.39, 0.29) is 24.0 Å². The Bertz CT molecular complexity index is 842. The van der Waals surface area contributed by atoms with Crippen molar-refractivity contribution in [3.63, 3.8) is 0 Å². The van der Waals surface area contributed by atoms with E-state index in [0.29, 0.717) is 6.54 Å². The molecule has 0 unspecified atom stereocenters. The third kappa shape index (κ3) is 5.32. The third-order valence-electron chi connectivity index (χ3n) is 4.05. The molecule has 3 rings (SSSR count). The molecule has 2 N–H and O–H groups in total. The smallest absolute Gasteiger partial charge is 0.191 e. The quantitative estimate of drug-likeness (QED) is 0.347. The van der Waals surface area contributed by atoms with E-state index in [1.807, 2.05) is 47.4 Å². The molecule has 0 bridgehead atoms. The second-order valence-corrected chi connectivity index (χ2v) is 5.83. The summed E-state index contributed by atoms with van der Waals surface area (Å²) in [5.41, 5.74) is 4.69. The Morgan fingerprint density at radius 2 is 1.69 bits per heavy atom. The van der Waals surface area contributed by atoms with E-state index in [1.165, 1.54) is 11.1 Å². The molecule has 0 saturated carbocycles. The Morgan fingerprint density at radius 3 is 2.42 bits per heavy atom. The lowest BCUT2D eigenvalue weighted by Gasteiger charge is -2.12. The van der Waals surface area contributed by atoms with E-state index in [2.05, 4.69) is 51.9 Å². The zero-order chi connectivity index (χ0) is 17.5. The number of rotatable bonds is 5. The molecule has 0 fully saturated rings. The molecule has 0 aliphatic rings. The predicted octanol–water partition coefficient (Wildman–Crippen LogP) is 3.66. The minimum absolute atomic E-state index is 0. The Hall–Kier alpha value is -2.35. The zero-order valence-corrected chi connectivity index (χ0v) is 17.3. The summed E-state index contributed by atoms with van der Waals surface area (Å²) in [5, 5.41) is 11.1. The maximum absolute atomic E-state index is 4.41. The highest BCUT2D eigenvalue weighted by molar-refractivity contribution is 14.0. The monoisotopic (exact) mass is 461 g/mol. The number of nitrogens with one attached hydrogen (secondary N) is 2. The number of hydrogen-bond acceptors (Lipinski definition) is 2. The standard InChI is InChI=1S/C20H23N5.HI/c1-16-8-6-7-9-18(16)14-23-20(21-2)22-12-17-13-24-25(15-17)19-10-4-3-5-11-19;/h3-11,13,15H,12,14H2,1-2H3,(H2,21,22,23);1H. The van der Waals surface area contributed by atoms with Crippen LogP contribution in [-0.4, -0.2) is 22.8 Å². The largest absolute Gasteiger partial charge is 0.352 e. The number of aryl methyl sites for hydroxylation is 1. The van der Waals surface area contributed by atoms with Crippen molar-refractivity contribution in [1.29, 1.82) is 0 Å². The topological polar surface area (TPSA) is 54.2 Å². The SMILES string of the molecule is CN=C(NCc1cnn(-c2ccccc2)c1)NCc1ccccc1C.I. The lowest BCUT2D eigenvalue weighted by atomic mass is 10.1. The molecule has 0 spiro atoms. The fraction of sp³-hybridized carbons (Fsp3) is 0.200. The van der Waals surface area contributed by atoms with Gasteiger partial charge in [0.1, 0.15) is 0 Å². The second-order valence-electron chi connectivity index (χ2n) is 5.83. The zero-order valence-electron chi connectivity index (χ0n) is 15.0. The number of nitrogens with zero attached hydrogens (tertiary/aromatic N) is 3. The molecular formula is C20H24IN5. The Morgan fingerprint density at radius 1 is 1.00 bits per heavy atom. The van der Waals surface area contributed by atoms with E-state index in [0.717, 1.165) is 23.8 Å². The molecular weight excluding hydrogens is 437 g/mol. The van der Waals surface area contributed by atoms with Gasteiger partial charge in [-0.3, -0.25) is 4.99 Å². The van der Waals surface area contributed by atoms with Crippen LogP contribution in [-0.2, 0) is 13.1 Å². The number of guanidine groups is 1. The average Bonchev–Trinajstić information content (AvgIpc) is 3.13. The number of para-hydroxylation sites is 1. The molecule has 0 amide bonds. The van der Waals surface area contributed by atoms with Gasteiger partial charge in [-0.2, -0.15) is 5.10 Å². The van der Waals surface area contributed by atoms with Crippen LogP contribution in [0.5, 0.6) is 0 Å². The minimum Gasteiger partial charge on any atom is -0.352 e. The van der Waals surface area contributed by atoms with Crippen LogP contribution in [0.2, 0.25) is 0 Å². The van der Waals surface area contributed by atoms with Crippen LogP contribution in [0.1, 0.15) is 16.7 Å². The van der Waals surface area contributed by atoms with E-state index in [4.69, 9.17) is 0 Å². The maximum Gasteiger partial charge on any atom is 0.191 e. The summed E-state index contributed by atoms with van der Waals surface area (Å²) in [5.74, 6) is 0.774. The highest BCUT2D eigenvalue weighted by atomic mass is 127. The summed E-state index contributed by atoms with van der Waals surface area (Å²) in [6, 6.07) is 18.4. The summed E-state index contributed by atoms with van der Waals surface area (Å²) in [7, 11) is 1.78. The van der Waals surface area contributed by atoms with Gasteiger partial charge in [-0.05, 0) is 30.2 Å². The molecule has 0 atom stereocenters. The van der Waals surface area contributed by atoms with E-state index in [1.54, 1.807) is 7.05 Å². The Kier molecular flexibility index (Phi) is 7.65. The lowest BCUT2D eigenvalue weighted by Crippen LogP contribution is -2.36. The van der Waals surface area contributed by atoms with Crippen LogP contribution in [0.4, 0.5) is 0 Å². The number of aromatic nitrogens is 2. The lowest BCUT2D eigenvalue weighted by molar-refractivity contribution is 0.805. The molecule has 1 heterocycles. The van der Waals surface area contributed by atoms with Crippen molar-refractivity contribution in [2.75, 3.05) is 7.05 Å². The maximum atomic E-state index is 4.41. The average molecular weight is 461 g/mol. The molecule has 0 aliphatic heterocycles. The fourth-order valence-corrected chi connectivity index (χ4v) is 2.57. The van der Waals surface area contributed by atoms with E-state index in [9.17, 15) is 0 Å². The molecule has 136 valence electrons. The van der Waals surface area contributed by atoms with Gasteiger partial charge in [-0.1, -0.05) is 42.5 Å². The van der Waals surface area contributed by atoms with Crippen molar-refractivity contribution in [3.8, 4) is 5.69 Å². The van der Waals surface area contributed by atoms with Crippen molar-refractivity contribution in [1.82, 2.24) is 20.4 Å². The molecule has 2 aromatic carbocycles. The highest BCUT2D eigenvalue weighted by Crippen LogP contribution is 2.08. The van der Waals surface area contributed by atoms with Gasteiger partial charge in [0, 0.05) is 31.9 Å². The molecule has 1 aromatic heterocycles. The highest BCUT2D eigenvalue weighted by Gasteiger charge is 2.03. The van der Waals surface area contributed by atoms with Crippen molar-refractivity contribution >= 4 is 29.9 Å². The predicted molar refractivity (Wildman–Crippen MR) is 117 cm³/mol. The van der Waals surface area contributed by atoms with Crippen LogP contribution in [0.3, 0.4) is 0 Å². The van der Waals surface area contributed by atoms with Crippen molar-refractivity contribution in [3.05, 3.63) is 83.7 Å². The Labute approximate surface area is 171 Å². The van der Waals surface area contributed by atoms with Crippen LogP contribution in [0, 0.1) is 6.92 Å². The van der Waals surface area contributed by atoms with Gasteiger partial charge in [0.25, 0.3) is 0 Å². The molecule has 3 aromatic rings. The van der Waals surface area contributed by atoms with Crippen LogP contribution in [0.25, 0.3) is 5.69 Å². The van der Waals surface area contributed by atoms with Crippen molar-refractivity contribution in [2.45, 2.75) is 20.0 Å². The van der Waals surface area contributed by atoms with Crippen LogP contribution >= 0.6 is 24.0 Å². The molecule has 5 nitrogen and oxygen atoms in total. The second kappa shape index (κ2) is 9.96. The summed E-state index contributed by atoms with van der Waals surface area (Å²) >= 11 is 0. The summed E-state index contributed by atoms with van der Waals surface area (Å²) in [6.07, 6.45) is 3.89. The summed E-state index contributed by atoms with van der Waals surface area (Å²) in [6.45, 7) is 3.53. The Balaban J connectivity index is 0.00000243. The number of halogens is 1. The van der Waals surface area contributed by atoms with Crippen LogP contribution < -0.4 is 10.6 Å².